The van der Waals surface area contributed by atoms with E-state index in [1.54, 1.807) is 0 Å². The Labute approximate surface area is 146 Å². The second-order valence-corrected chi connectivity index (χ2v) is 7.91. The molecule has 2 saturated heterocycles. The predicted molar refractivity (Wildman–Crippen MR) is 96.1 cm³/mol. The Kier molecular flexibility index (Phi) is 4.04. The highest BCUT2D eigenvalue weighted by atomic mass is 79.9. The van der Waals surface area contributed by atoms with Crippen LogP contribution in [0, 0.1) is 0 Å². The van der Waals surface area contributed by atoms with Gasteiger partial charge in [0.1, 0.15) is 0 Å². The van der Waals surface area contributed by atoms with Gasteiger partial charge < -0.3 is 5.11 Å². The molecule has 0 radical (unpaired) electrons. The number of hydrogen-bond acceptors (Lipinski definition) is 2. The summed E-state index contributed by atoms with van der Waals surface area (Å²) in [6.07, 6.45) is 4.08. The minimum Gasteiger partial charge on any atom is -0.385 e. The maximum atomic E-state index is 11.3. The van der Waals surface area contributed by atoms with Crippen molar-refractivity contribution in [2.45, 2.75) is 49.9 Å². The third-order valence-electron chi connectivity index (χ3n) is 5.49. The summed E-state index contributed by atoms with van der Waals surface area (Å²) in [5.41, 5.74) is 1.75. The van der Waals surface area contributed by atoms with Crippen molar-refractivity contribution in [3.63, 3.8) is 0 Å². The summed E-state index contributed by atoms with van der Waals surface area (Å²) in [7, 11) is 0. The molecule has 2 aromatic rings. The lowest BCUT2D eigenvalue weighted by Crippen LogP contribution is -2.49. The van der Waals surface area contributed by atoms with Crippen LogP contribution >= 0.6 is 15.9 Å². The zero-order valence-corrected chi connectivity index (χ0v) is 14.7. The smallest absolute Gasteiger partial charge is 0.0926 e. The molecule has 0 aromatic heterocycles. The Morgan fingerprint density at radius 2 is 1.70 bits per heavy atom. The van der Waals surface area contributed by atoms with E-state index in [0.717, 1.165) is 29.4 Å². The topological polar surface area (TPSA) is 23.5 Å². The molecule has 0 amide bonds. The van der Waals surface area contributed by atoms with Crippen LogP contribution in [0.1, 0.15) is 36.8 Å². The molecule has 2 aromatic carbocycles. The molecule has 1 N–H and O–H groups in total. The highest BCUT2D eigenvalue weighted by Gasteiger charge is 2.48. The van der Waals surface area contributed by atoms with Gasteiger partial charge in [-0.15, -0.1) is 0 Å². The van der Waals surface area contributed by atoms with Crippen molar-refractivity contribution < 1.29 is 5.11 Å². The molecule has 120 valence electrons. The van der Waals surface area contributed by atoms with E-state index < -0.39 is 5.60 Å². The first-order valence-corrected chi connectivity index (χ1v) is 9.21. The fourth-order valence-corrected chi connectivity index (χ4v) is 4.78. The molecule has 2 aliphatic heterocycles. The summed E-state index contributed by atoms with van der Waals surface area (Å²) in [6, 6.07) is 19.8. The molecule has 0 saturated carbocycles. The average molecular weight is 372 g/mol. The van der Waals surface area contributed by atoms with Crippen molar-refractivity contribution in [2.75, 3.05) is 0 Å². The molecule has 2 aliphatic rings. The van der Waals surface area contributed by atoms with Gasteiger partial charge in [-0.05, 0) is 48.9 Å². The molecule has 3 heteroatoms. The lowest BCUT2D eigenvalue weighted by atomic mass is 9.80. The summed E-state index contributed by atoms with van der Waals surface area (Å²) in [5, 5.41) is 11.3. The standard InChI is InChI=1S/C20H22BrNO/c21-17-8-4-7-16(11-17)20(23)12-18-9-10-19(13-20)22(18)14-15-5-2-1-3-6-15/h1-8,11,18-19,23H,9-10,12-14H2/t18-,19+,20+. The average Bonchev–Trinajstić information content (AvgIpc) is 2.80. The van der Waals surface area contributed by atoms with Crippen LogP contribution in [0.25, 0.3) is 0 Å². The van der Waals surface area contributed by atoms with Gasteiger partial charge in [0, 0.05) is 23.1 Å². The molecule has 0 aliphatic carbocycles. The Morgan fingerprint density at radius 1 is 1.00 bits per heavy atom. The maximum Gasteiger partial charge on any atom is 0.0926 e. The maximum absolute atomic E-state index is 11.3. The number of aliphatic hydroxyl groups is 1. The Bertz CT molecular complexity index is 673. The van der Waals surface area contributed by atoms with Gasteiger partial charge in [0.2, 0.25) is 0 Å². The molecule has 0 unspecified atom stereocenters. The van der Waals surface area contributed by atoms with E-state index in [1.165, 1.54) is 18.4 Å². The molecule has 2 heterocycles. The highest BCUT2D eigenvalue weighted by Crippen LogP contribution is 2.46. The summed E-state index contributed by atoms with van der Waals surface area (Å²) < 4.78 is 1.04. The van der Waals surface area contributed by atoms with Gasteiger partial charge in [-0.25, -0.2) is 0 Å². The Hall–Kier alpha value is -1.16. The van der Waals surface area contributed by atoms with Crippen LogP contribution in [0.2, 0.25) is 0 Å². The lowest BCUT2D eigenvalue weighted by Gasteiger charge is -2.44. The monoisotopic (exact) mass is 371 g/mol. The second kappa shape index (κ2) is 6.04. The lowest BCUT2D eigenvalue weighted by molar-refractivity contribution is -0.0595. The van der Waals surface area contributed by atoms with E-state index in [1.807, 2.05) is 12.1 Å². The van der Waals surface area contributed by atoms with Crippen LogP contribution in [0.3, 0.4) is 0 Å². The normalized spacial score (nSPS) is 30.5. The van der Waals surface area contributed by atoms with Gasteiger partial charge >= 0.3 is 0 Å². The first kappa shape index (κ1) is 15.4. The van der Waals surface area contributed by atoms with E-state index in [4.69, 9.17) is 0 Å². The van der Waals surface area contributed by atoms with Crippen LogP contribution in [0.15, 0.2) is 59.1 Å². The number of hydrogen-bond donors (Lipinski definition) is 1. The number of rotatable bonds is 3. The van der Waals surface area contributed by atoms with Crippen molar-refractivity contribution >= 4 is 15.9 Å². The van der Waals surface area contributed by atoms with Gasteiger partial charge in [0.25, 0.3) is 0 Å². The van der Waals surface area contributed by atoms with E-state index in [0.29, 0.717) is 12.1 Å². The number of fused-ring (bicyclic) bond motifs is 2. The summed E-state index contributed by atoms with van der Waals surface area (Å²) in [5.74, 6) is 0. The number of benzene rings is 2. The van der Waals surface area contributed by atoms with Gasteiger partial charge in [-0.2, -0.15) is 0 Å². The van der Waals surface area contributed by atoms with Crippen molar-refractivity contribution in [1.29, 1.82) is 0 Å². The Morgan fingerprint density at radius 3 is 2.35 bits per heavy atom. The van der Waals surface area contributed by atoms with Crippen molar-refractivity contribution in [2.24, 2.45) is 0 Å². The quantitative estimate of drug-likeness (QED) is 0.860. The zero-order chi connectivity index (χ0) is 15.9. The van der Waals surface area contributed by atoms with Gasteiger partial charge in [-0.3, -0.25) is 4.90 Å². The summed E-state index contributed by atoms with van der Waals surface area (Å²) >= 11 is 3.53. The van der Waals surface area contributed by atoms with Crippen molar-refractivity contribution in [3.05, 3.63) is 70.2 Å². The van der Waals surface area contributed by atoms with E-state index in [2.05, 4.69) is 63.3 Å². The molecule has 2 fully saturated rings. The van der Waals surface area contributed by atoms with Gasteiger partial charge in [0.05, 0.1) is 5.60 Å². The van der Waals surface area contributed by atoms with Crippen LogP contribution in [0.5, 0.6) is 0 Å². The minimum atomic E-state index is -0.678. The predicted octanol–water partition coefficient (Wildman–Crippen LogP) is 4.46. The van der Waals surface area contributed by atoms with Crippen LogP contribution in [-0.2, 0) is 12.1 Å². The van der Waals surface area contributed by atoms with E-state index in [-0.39, 0.29) is 0 Å². The third-order valence-corrected chi connectivity index (χ3v) is 5.98. The molecule has 2 nitrogen and oxygen atoms in total. The molecule has 0 spiro atoms. The van der Waals surface area contributed by atoms with Gasteiger partial charge in [-0.1, -0.05) is 58.4 Å². The van der Waals surface area contributed by atoms with Crippen LogP contribution in [0.4, 0.5) is 0 Å². The molecular weight excluding hydrogens is 350 g/mol. The molecule has 3 atom stereocenters. The van der Waals surface area contributed by atoms with E-state index in [9.17, 15) is 5.11 Å². The van der Waals surface area contributed by atoms with Crippen molar-refractivity contribution in [1.82, 2.24) is 4.90 Å². The van der Waals surface area contributed by atoms with Crippen LogP contribution < -0.4 is 0 Å². The van der Waals surface area contributed by atoms with Crippen molar-refractivity contribution in [3.8, 4) is 0 Å². The number of nitrogens with zero attached hydrogens (tertiary/aromatic N) is 1. The highest BCUT2D eigenvalue weighted by molar-refractivity contribution is 9.10. The Balaban J connectivity index is 1.55. The molecule has 4 rings (SSSR count). The minimum absolute atomic E-state index is 0.484. The summed E-state index contributed by atoms with van der Waals surface area (Å²) in [6.45, 7) is 1.00. The summed E-state index contributed by atoms with van der Waals surface area (Å²) in [4.78, 5) is 2.61. The molecular formula is C20H22BrNO. The third kappa shape index (κ3) is 2.98. The number of piperidine rings is 1. The number of halogens is 1. The molecule has 2 bridgehead atoms. The first-order chi connectivity index (χ1) is 11.1. The fourth-order valence-electron chi connectivity index (χ4n) is 4.38. The fraction of sp³-hybridized carbons (Fsp3) is 0.400. The zero-order valence-electron chi connectivity index (χ0n) is 13.2. The van der Waals surface area contributed by atoms with Crippen LogP contribution in [-0.4, -0.2) is 22.1 Å². The second-order valence-electron chi connectivity index (χ2n) is 6.99. The van der Waals surface area contributed by atoms with E-state index >= 15 is 0 Å². The molecule has 23 heavy (non-hydrogen) atoms. The SMILES string of the molecule is O[C@@]1(c2cccc(Br)c2)C[C@H]2CC[C@@H](C1)N2Cc1ccccc1. The first-order valence-electron chi connectivity index (χ1n) is 8.42. The largest absolute Gasteiger partial charge is 0.385 e. The van der Waals surface area contributed by atoms with Gasteiger partial charge in [0.15, 0.2) is 0 Å².